The first-order valence-corrected chi connectivity index (χ1v) is 9.27. The fourth-order valence-electron chi connectivity index (χ4n) is 3.33. The highest BCUT2D eigenvalue weighted by Gasteiger charge is 2.22. The molecule has 1 aliphatic heterocycles. The van der Waals surface area contributed by atoms with Gasteiger partial charge in [-0.3, -0.25) is 4.79 Å². The number of carbonyl (C=O) groups is 1. The quantitative estimate of drug-likeness (QED) is 0.859. The zero-order valence-corrected chi connectivity index (χ0v) is 15.5. The first-order chi connectivity index (χ1) is 12.1. The van der Waals surface area contributed by atoms with Crippen LogP contribution in [-0.4, -0.2) is 35.3 Å². The Bertz CT molecular complexity index is 735. The van der Waals surface area contributed by atoms with E-state index in [1.165, 1.54) is 6.42 Å². The summed E-state index contributed by atoms with van der Waals surface area (Å²) < 4.78 is 1.81. The van der Waals surface area contributed by atoms with Gasteiger partial charge in [-0.15, -0.1) is 0 Å². The van der Waals surface area contributed by atoms with Crippen LogP contribution in [0.15, 0.2) is 30.5 Å². The summed E-state index contributed by atoms with van der Waals surface area (Å²) >= 11 is 6.11. The molecule has 0 saturated carbocycles. The van der Waals surface area contributed by atoms with Crippen molar-refractivity contribution in [3.05, 3.63) is 46.7 Å². The van der Waals surface area contributed by atoms with Gasteiger partial charge in [0.15, 0.2) is 0 Å². The Morgan fingerprint density at radius 3 is 3.00 bits per heavy atom. The maximum atomic E-state index is 12.7. The molecule has 1 saturated heterocycles. The van der Waals surface area contributed by atoms with Crippen LogP contribution < -0.4 is 10.6 Å². The minimum Gasteiger partial charge on any atom is -0.352 e. The Labute approximate surface area is 153 Å². The van der Waals surface area contributed by atoms with Crippen LogP contribution in [0.25, 0.3) is 5.69 Å². The van der Waals surface area contributed by atoms with E-state index in [4.69, 9.17) is 11.6 Å². The molecule has 0 radical (unpaired) electrons. The van der Waals surface area contributed by atoms with E-state index in [0.717, 1.165) is 30.9 Å². The number of hydrogen-bond acceptors (Lipinski definition) is 3. The van der Waals surface area contributed by atoms with Crippen LogP contribution >= 0.6 is 11.6 Å². The molecule has 1 aliphatic rings. The number of aromatic nitrogens is 2. The molecule has 2 aromatic rings. The smallest absolute Gasteiger partial charge is 0.254 e. The van der Waals surface area contributed by atoms with E-state index >= 15 is 0 Å². The molecular weight excluding hydrogens is 336 g/mol. The molecule has 0 bridgehead atoms. The van der Waals surface area contributed by atoms with Crippen molar-refractivity contribution in [1.29, 1.82) is 0 Å². The first kappa shape index (κ1) is 18.0. The van der Waals surface area contributed by atoms with E-state index in [1.54, 1.807) is 6.20 Å². The third-order valence-electron chi connectivity index (χ3n) is 4.60. The number of amides is 1. The van der Waals surface area contributed by atoms with Gasteiger partial charge >= 0.3 is 0 Å². The molecule has 0 spiro atoms. The lowest BCUT2D eigenvalue weighted by atomic mass is 9.99. The van der Waals surface area contributed by atoms with Gasteiger partial charge < -0.3 is 10.6 Å². The van der Waals surface area contributed by atoms with Crippen LogP contribution in [0.5, 0.6) is 0 Å². The van der Waals surface area contributed by atoms with Gasteiger partial charge in [0, 0.05) is 11.6 Å². The van der Waals surface area contributed by atoms with Crippen molar-refractivity contribution in [1.82, 2.24) is 20.4 Å². The van der Waals surface area contributed by atoms with Gasteiger partial charge in [-0.2, -0.15) is 5.10 Å². The maximum Gasteiger partial charge on any atom is 0.254 e. The van der Waals surface area contributed by atoms with E-state index < -0.39 is 0 Å². The maximum absolute atomic E-state index is 12.7. The molecule has 1 aromatic carbocycles. The number of rotatable bonds is 5. The number of halogens is 1. The van der Waals surface area contributed by atoms with Crippen LogP contribution in [0.4, 0.5) is 0 Å². The standard InChI is InChI=1S/C19H25ClN4O/c1-13(2)18-17(19(25)22-11-14-5-4-8-21-10-14)12-23-24(18)16-7-3-6-15(20)9-16/h3,6-7,9,12-14,21H,4-5,8,10-11H2,1-2H3,(H,22,25). The van der Waals surface area contributed by atoms with E-state index in [1.807, 2.05) is 28.9 Å². The summed E-state index contributed by atoms with van der Waals surface area (Å²) in [5.41, 5.74) is 2.41. The number of benzene rings is 1. The SMILES string of the molecule is CC(C)c1c(C(=O)NCC2CCCNC2)cnn1-c1cccc(Cl)c1. The molecular formula is C19H25ClN4O. The number of nitrogens with one attached hydrogen (secondary N) is 2. The summed E-state index contributed by atoms with van der Waals surface area (Å²) in [6.45, 7) is 6.89. The Balaban J connectivity index is 1.80. The normalized spacial score (nSPS) is 17.7. The molecule has 0 aliphatic carbocycles. The second kappa shape index (κ2) is 8.02. The molecule has 1 aromatic heterocycles. The van der Waals surface area contributed by atoms with Gasteiger partial charge in [0.25, 0.3) is 5.91 Å². The Kier molecular flexibility index (Phi) is 5.76. The lowest BCUT2D eigenvalue weighted by Crippen LogP contribution is -2.38. The van der Waals surface area contributed by atoms with Crippen molar-refractivity contribution < 1.29 is 4.79 Å². The molecule has 1 unspecified atom stereocenters. The van der Waals surface area contributed by atoms with E-state index in [2.05, 4.69) is 29.6 Å². The molecule has 1 atom stereocenters. The highest BCUT2D eigenvalue weighted by Crippen LogP contribution is 2.24. The fourth-order valence-corrected chi connectivity index (χ4v) is 3.52. The summed E-state index contributed by atoms with van der Waals surface area (Å²) in [4.78, 5) is 12.7. The van der Waals surface area contributed by atoms with Crippen molar-refractivity contribution in [3.8, 4) is 5.69 Å². The van der Waals surface area contributed by atoms with Gasteiger partial charge in [-0.05, 0) is 56.0 Å². The number of hydrogen-bond donors (Lipinski definition) is 2. The van der Waals surface area contributed by atoms with Crippen LogP contribution in [0.1, 0.15) is 48.7 Å². The molecule has 1 fully saturated rings. The Morgan fingerprint density at radius 1 is 1.48 bits per heavy atom. The minimum atomic E-state index is -0.0532. The van der Waals surface area contributed by atoms with Gasteiger partial charge in [-0.1, -0.05) is 31.5 Å². The molecule has 134 valence electrons. The lowest BCUT2D eigenvalue weighted by molar-refractivity contribution is 0.0943. The molecule has 6 heteroatoms. The van der Waals surface area contributed by atoms with Gasteiger partial charge in [0.05, 0.1) is 23.1 Å². The topological polar surface area (TPSA) is 59.0 Å². The molecule has 25 heavy (non-hydrogen) atoms. The van der Waals surface area contributed by atoms with Crippen molar-refractivity contribution in [2.45, 2.75) is 32.6 Å². The van der Waals surface area contributed by atoms with E-state index in [0.29, 0.717) is 23.0 Å². The highest BCUT2D eigenvalue weighted by atomic mass is 35.5. The predicted octanol–water partition coefficient (Wildman–Crippen LogP) is 3.38. The van der Waals surface area contributed by atoms with Crippen molar-refractivity contribution in [3.63, 3.8) is 0 Å². The van der Waals surface area contributed by atoms with Crippen molar-refractivity contribution in [2.75, 3.05) is 19.6 Å². The van der Waals surface area contributed by atoms with Gasteiger partial charge in [0.1, 0.15) is 0 Å². The third-order valence-corrected chi connectivity index (χ3v) is 4.84. The Morgan fingerprint density at radius 2 is 2.32 bits per heavy atom. The average molecular weight is 361 g/mol. The van der Waals surface area contributed by atoms with Crippen LogP contribution in [0.3, 0.4) is 0 Å². The zero-order chi connectivity index (χ0) is 17.8. The highest BCUT2D eigenvalue weighted by molar-refractivity contribution is 6.30. The van der Waals surface area contributed by atoms with Gasteiger partial charge in [-0.25, -0.2) is 4.68 Å². The summed E-state index contributed by atoms with van der Waals surface area (Å²) in [6, 6.07) is 7.52. The predicted molar refractivity (Wildman–Crippen MR) is 101 cm³/mol. The van der Waals surface area contributed by atoms with Gasteiger partial charge in [0.2, 0.25) is 0 Å². The second-order valence-corrected chi connectivity index (χ2v) is 7.35. The second-order valence-electron chi connectivity index (χ2n) is 6.91. The summed E-state index contributed by atoms with van der Waals surface area (Å²) in [5.74, 6) is 0.615. The summed E-state index contributed by atoms with van der Waals surface area (Å²) in [7, 11) is 0. The molecule has 1 amide bonds. The van der Waals surface area contributed by atoms with E-state index in [-0.39, 0.29) is 11.8 Å². The average Bonchev–Trinajstić information content (AvgIpc) is 3.06. The van der Waals surface area contributed by atoms with E-state index in [9.17, 15) is 4.79 Å². The Hall–Kier alpha value is -1.85. The summed E-state index contributed by atoms with van der Waals surface area (Å²) in [6.07, 6.45) is 3.99. The van der Waals surface area contributed by atoms with Crippen molar-refractivity contribution in [2.24, 2.45) is 5.92 Å². The third kappa shape index (κ3) is 4.22. The summed E-state index contributed by atoms with van der Waals surface area (Å²) in [5, 5.41) is 11.6. The van der Waals surface area contributed by atoms with Crippen LogP contribution in [-0.2, 0) is 0 Å². The molecule has 2 heterocycles. The largest absolute Gasteiger partial charge is 0.352 e. The fraction of sp³-hybridized carbons (Fsp3) is 0.474. The monoisotopic (exact) mass is 360 g/mol. The number of nitrogens with zero attached hydrogens (tertiary/aromatic N) is 2. The number of piperidine rings is 1. The van der Waals surface area contributed by atoms with Crippen LogP contribution in [0.2, 0.25) is 5.02 Å². The lowest BCUT2D eigenvalue weighted by Gasteiger charge is -2.23. The van der Waals surface area contributed by atoms with Crippen LogP contribution in [0, 0.1) is 5.92 Å². The molecule has 3 rings (SSSR count). The van der Waals surface area contributed by atoms with Crippen molar-refractivity contribution >= 4 is 17.5 Å². The minimum absolute atomic E-state index is 0.0532. The first-order valence-electron chi connectivity index (χ1n) is 8.89. The zero-order valence-electron chi connectivity index (χ0n) is 14.8. The molecule has 2 N–H and O–H groups in total. The number of carbonyl (C=O) groups excluding carboxylic acids is 1. The molecule has 5 nitrogen and oxygen atoms in total.